The van der Waals surface area contributed by atoms with Crippen LogP contribution in [-0.2, 0) is 4.79 Å². The molecule has 1 aromatic rings. The molecular formula is C10H13NOS. The molecule has 1 aromatic heterocycles. The molecule has 3 heteroatoms. The smallest absolute Gasteiger partial charge is 0.223 e. The van der Waals surface area contributed by atoms with E-state index in [1.165, 1.54) is 9.75 Å². The van der Waals surface area contributed by atoms with Gasteiger partial charge in [-0.15, -0.1) is 11.3 Å². The van der Waals surface area contributed by atoms with E-state index in [9.17, 15) is 4.79 Å². The third-order valence-corrected chi connectivity index (χ3v) is 3.77. The number of aryl methyl sites for hydroxylation is 1. The van der Waals surface area contributed by atoms with E-state index in [1.807, 2.05) is 6.92 Å². The molecule has 1 amide bonds. The van der Waals surface area contributed by atoms with Crippen molar-refractivity contribution in [2.75, 3.05) is 6.54 Å². The third kappa shape index (κ3) is 1.48. The predicted octanol–water partition coefficient (Wildman–Crippen LogP) is 1.91. The quantitative estimate of drug-likeness (QED) is 0.728. The van der Waals surface area contributed by atoms with Gasteiger partial charge in [-0.25, -0.2) is 0 Å². The monoisotopic (exact) mass is 195 g/mol. The fourth-order valence-electron chi connectivity index (χ4n) is 1.73. The van der Waals surface area contributed by atoms with Gasteiger partial charge in [-0.3, -0.25) is 4.79 Å². The number of rotatable bonds is 1. The molecule has 2 heterocycles. The molecule has 0 unspecified atom stereocenters. The summed E-state index contributed by atoms with van der Waals surface area (Å²) in [6, 6.07) is 4.26. The predicted molar refractivity (Wildman–Crippen MR) is 54.0 cm³/mol. The first kappa shape index (κ1) is 8.75. The van der Waals surface area contributed by atoms with E-state index in [0.717, 1.165) is 6.54 Å². The first-order chi connectivity index (χ1) is 6.18. The summed E-state index contributed by atoms with van der Waals surface area (Å²) in [4.78, 5) is 13.9. The van der Waals surface area contributed by atoms with Crippen molar-refractivity contribution in [1.82, 2.24) is 5.32 Å². The SMILES string of the molecule is Cc1ccc([C@H]2CNC(=O)[C@@H]2C)s1. The lowest BCUT2D eigenvalue weighted by Gasteiger charge is -2.08. The summed E-state index contributed by atoms with van der Waals surface area (Å²) in [5.74, 6) is 0.723. The van der Waals surface area contributed by atoms with Crippen LogP contribution in [0.3, 0.4) is 0 Å². The summed E-state index contributed by atoms with van der Waals surface area (Å²) in [5, 5.41) is 2.89. The van der Waals surface area contributed by atoms with Crippen molar-refractivity contribution in [3.8, 4) is 0 Å². The minimum absolute atomic E-state index is 0.137. The Labute approximate surface area is 82.0 Å². The van der Waals surface area contributed by atoms with Crippen LogP contribution in [0.1, 0.15) is 22.6 Å². The van der Waals surface area contributed by atoms with Crippen LogP contribution in [0.25, 0.3) is 0 Å². The van der Waals surface area contributed by atoms with Crippen LogP contribution in [-0.4, -0.2) is 12.5 Å². The molecule has 1 saturated heterocycles. The number of thiophene rings is 1. The first-order valence-corrected chi connectivity index (χ1v) is 5.34. The molecule has 0 bridgehead atoms. The number of hydrogen-bond acceptors (Lipinski definition) is 2. The summed E-state index contributed by atoms with van der Waals surface area (Å²) in [6.07, 6.45) is 0. The Morgan fingerprint density at radius 3 is 2.77 bits per heavy atom. The van der Waals surface area contributed by atoms with Crippen molar-refractivity contribution in [3.63, 3.8) is 0 Å². The summed E-state index contributed by atoms with van der Waals surface area (Å²) < 4.78 is 0. The summed E-state index contributed by atoms with van der Waals surface area (Å²) in [6.45, 7) is 4.91. The number of amides is 1. The Morgan fingerprint density at radius 1 is 1.54 bits per heavy atom. The minimum Gasteiger partial charge on any atom is -0.355 e. The van der Waals surface area contributed by atoms with Crippen molar-refractivity contribution >= 4 is 17.2 Å². The van der Waals surface area contributed by atoms with Crippen LogP contribution in [0.2, 0.25) is 0 Å². The van der Waals surface area contributed by atoms with E-state index < -0.39 is 0 Å². The second-order valence-corrected chi connectivity index (χ2v) is 4.91. The Bertz CT molecular complexity index is 331. The van der Waals surface area contributed by atoms with E-state index >= 15 is 0 Å². The number of carbonyl (C=O) groups excluding carboxylic acids is 1. The zero-order valence-corrected chi connectivity index (χ0v) is 8.65. The lowest BCUT2D eigenvalue weighted by molar-refractivity contribution is -0.122. The zero-order valence-electron chi connectivity index (χ0n) is 7.83. The first-order valence-electron chi connectivity index (χ1n) is 4.52. The molecule has 70 valence electrons. The highest BCUT2D eigenvalue weighted by atomic mass is 32.1. The Hall–Kier alpha value is -0.830. The van der Waals surface area contributed by atoms with Gasteiger partial charge in [0, 0.05) is 28.1 Å². The molecule has 2 rings (SSSR count). The molecule has 1 aliphatic heterocycles. The van der Waals surface area contributed by atoms with E-state index in [4.69, 9.17) is 0 Å². The van der Waals surface area contributed by atoms with E-state index in [1.54, 1.807) is 11.3 Å². The normalized spacial score (nSPS) is 27.7. The van der Waals surface area contributed by atoms with Gasteiger partial charge in [0.1, 0.15) is 0 Å². The molecule has 0 aromatic carbocycles. The summed E-state index contributed by atoms with van der Waals surface area (Å²) in [7, 11) is 0. The van der Waals surface area contributed by atoms with Crippen LogP contribution in [0.5, 0.6) is 0 Å². The maximum Gasteiger partial charge on any atom is 0.223 e. The standard InChI is InChI=1S/C10H13NOS/c1-6-3-4-9(13-6)8-5-11-10(12)7(8)2/h3-4,7-8H,5H2,1-2H3,(H,11,12)/t7-,8+/m1/s1. The molecule has 1 fully saturated rings. The molecule has 0 spiro atoms. The van der Waals surface area contributed by atoms with Crippen LogP contribution in [0, 0.1) is 12.8 Å². The highest BCUT2D eigenvalue weighted by Crippen LogP contribution is 2.32. The van der Waals surface area contributed by atoms with Crippen LogP contribution in [0.15, 0.2) is 12.1 Å². The van der Waals surface area contributed by atoms with Crippen molar-refractivity contribution in [2.24, 2.45) is 5.92 Å². The second kappa shape index (κ2) is 3.14. The van der Waals surface area contributed by atoms with Crippen molar-refractivity contribution in [2.45, 2.75) is 19.8 Å². The topological polar surface area (TPSA) is 29.1 Å². The number of nitrogens with one attached hydrogen (secondary N) is 1. The van der Waals surface area contributed by atoms with Crippen LogP contribution in [0.4, 0.5) is 0 Å². The minimum atomic E-state index is 0.137. The van der Waals surface area contributed by atoms with Crippen molar-refractivity contribution in [1.29, 1.82) is 0 Å². The number of hydrogen-bond donors (Lipinski definition) is 1. The van der Waals surface area contributed by atoms with E-state index in [2.05, 4.69) is 24.4 Å². The van der Waals surface area contributed by atoms with Gasteiger partial charge < -0.3 is 5.32 Å². The van der Waals surface area contributed by atoms with Gasteiger partial charge >= 0.3 is 0 Å². The number of carbonyl (C=O) groups is 1. The maximum absolute atomic E-state index is 11.3. The van der Waals surface area contributed by atoms with Gasteiger partial charge in [-0.05, 0) is 19.1 Å². The second-order valence-electron chi connectivity index (χ2n) is 3.59. The van der Waals surface area contributed by atoms with Crippen LogP contribution < -0.4 is 5.32 Å². The molecule has 2 nitrogen and oxygen atoms in total. The molecular weight excluding hydrogens is 182 g/mol. The highest BCUT2D eigenvalue weighted by Gasteiger charge is 2.32. The van der Waals surface area contributed by atoms with Gasteiger partial charge in [0.2, 0.25) is 5.91 Å². The van der Waals surface area contributed by atoms with Crippen molar-refractivity contribution in [3.05, 3.63) is 21.9 Å². The fourth-order valence-corrected chi connectivity index (χ4v) is 2.81. The Kier molecular flexibility index (Phi) is 2.12. The molecule has 0 radical (unpaired) electrons. The molecule has 0 saturated carbocycles. The average molecular weight is 195 g/mol. The molecule has 1 N–H and O–H groups in total. The molecule has 1 aliphatic rings. The van der Waals surface area contributed by atoms with Crippen LogP contribution >= 0.6 is 11.3 Å². The molecule has 0 aliphatic carbocycles. The summed E-state index contributed by atoms with van der Waals surface area (Å²) in [5.41, 5.74) is 0. The lowest BCUT2D eigenvalue weighted by Crippen LogP contribution is -2.16. The highest BCUT2D eigenvalue weighted by molar-refractivity contribution is 7.12. The lowest BCUT2D eigenvalue weighted by atomic mass is 9.96. The fraction of sp³-hybridized carbons (Fsp3) is 0.500. The Balaban J connectivity index is 2.23. The maximum atomic E-state index is 11.3. The average Bonchev–Trinajstić information content (AvgIpc) is 2.62. The van der Waals surface area contributed by atoms with Gasteiger partial charge in [-0.2, -0.15) is 0 Å². The van der Waals surface area contributed by atoms with Gasteiger partial charge in [-0.1, -0.05) is 6.92 Å². The molecule has 13 heavy (non-hydrogen) atoms. The largest absolute Gasteiger partial charge is 0.355 e. The summed E-state index contributed by atoms with van der Waals surface area (Å²) >= 11 is 1.80. The van der Waals surface area contributed by atoms with Gasteiger partial charge in [0.15, 0.2) is 0 Å². The van der Waals surface area contributed by atoms with E-state index in [-0.39, 0.29) is 11.8 Å². The van der Waals surface area contributed by atoms with E-state index in [0.29, 0.717) is 5.92 Å². The molecule has 2 atom stereocenters. The van der Waals surface area contributed by atoms with Crippen molar-refractivity contribution < 1.29 is 4.79 Å². The third-order valence-electron chi connectivity index (χ3n) is 2.64. The van der Waals surface area contributed by atoms with Gasteiger partial charge in [0.05, 0.1) is 0 Å². The Morgan fingerprint density at radius 2 is 2.31 bits per heavy atom. The zero-order chi connectivity index (χ0) is 9.42. The van der Waals surface area contributed by atoms with Gasteiger partial charge in [0.25, 0.3) is 0 Å².